The molecule has 1 aliphatic heterocycles. The number of hydrogen-bond donors (Lipinski definition) is 1. The minimum atomic E-state index is -1.00. The molecule has 108 valence electrons. The van der Waals surface area contributed by atoms with Gasteiger partial charge < -0.3 is 9.84 Å². The SMILES string of the molecule is C=C/C=C\C=C(/C)C1COc2ncc(C(=O)O)n21.CC. The van der Waals surface area contributed by atoms with Gasteiger partial charge in [-0.1, -0.05) is 44.7 Å². The molecule has 0 radical (unpaired) electrons. The van der Waals surface area contributed by atoms with E-state index in [-0.39, 0.29) is 11.7 Å². The van der Waals surface area contributed by atoms with Crippen molar-refractivity contribution in [3.05, 3.63) is 48.3 Å². The predicted octanol–water partition coefficient (Wildman–Crippen LogP) is 3.23. The van der Waals surface area contributed by atoms with Gasteiger partial charge in [0.2, 0.25) is 0 Å². The van der Waals surface area contributed by atoms with Gasteiger partial charge in [0.15, 0.2) is 5.69 Å². The lowest BCUT2D eigenvalue weighted by Gasteiger charge is -2.12. The predicted molar refractivity (Wildman–Crippen MR) is 78.2 cm³/mol. The molecule has 1 aromatic rings. The van der Waals surface area contributed by atoms with Crippen LogP contribution in [-0.4, -0.2) is 27.2 Å². The van der Waals surface area contributed by atoms with Gasteiger partial charge in [-0.25, -0.2) is 9.78 Å². The second-order valence-corrected chi connectivity index (χ2v) is 3.96. The van der Waals surface area contributed by atoms with Gasteiger partial charge in [0, 0.05) is 0 Å². The number of imidazole rings is 1. The highest BCUT2D eigenvalue weighted by molar-refractivity contribution is 5.86. The summed E-state index contributed by atoms with van der Waals surface area (Å²) in [6.45, 7) is 9.93. The highest BCUT2D eigenvalue weighted by atomic mass is 16.5. The summed E-state index contributed by atoms with van der Waals surface area (Å²) in [7, 11) is 0. The van der Waals surface area contributed by atoms with Crippen LogP contribution in [0.3, 0.4) is 0 Å². The van der Waals surface area contributed by atoms with Crippen LogP contribution < -0.4 is 4.74 Å². The van der Waals surface area contributed by atoms with Crippen LogP contribution in [0, 0.1) is 0 Å². The first-order chi connectivity index (χ1) is 9.65. The van der Waals surface area contributed by atoms with E-state index in [4.69, 9.17) is 9.84 Å². The molecular weight excluding hydrogens is 256 g/mol. The van der Waals surface area contributed by atoms with Crippen LogP contribution in [0.5, 0.6) is 6.01 Å². The number of fused-ring (bicyclic) bond motifs is 1. The molecule has 1 aromatic heterocycles. The lowest BCUT2D eigenvalue weighted by atomic mass is 10.1. The molecule has 0 saturated heterocycles. The Kier molecular flexibility index (Phi) is 5.77. The van der Waals surface area contributed by atoms with Gasteiger partial charge in [-0.15, -0.1) is 0 Å². The smallest absolute Gasteiger partial charge is 0.354 e. The zero-order valence-electron chi connectivity index (χ0n) is 12.0. The average Bonchev–Trinajstić information content (AvgIpc) is 3.01. The molecule has 0 bridgehead atoms. The van der Waals surface area contributed by atoms with Crippen molar-refractivity contribution < 1.29 is 14.6 Å². The monoisotopic (exact) mass is 276 g/mol. The number of ether oxygens (including phenoxy) is 1. The van der Waals surface area contributed by atoms with Crippen molar-refractivity contribution in [3.63, 3.8) is 0 Å². The first-order valence-electron chi connectivity index (χ1n) is 6.54. The lowest BCUT2D eigenvalue weighted by molar-refractivity contribution is 0.0684. The number of allylic oxidation sites excluding steroid dienone is 4. The van der Waals surface area contributed by atoms with Crippen LogP contribution >= 0.6 is 0 Å². The van der Waals surface area contributed by atoms with E-state index in [1.807, 2.05) is 39.0 Å². The fourth-order valence-electron chi connectivity index (χ4n) is 1.87. The lowest BCUT2D eigenvalue weighted by Crippen LogP contribution is -2.14. The number of carbonyl (C=O) groups is 1. The standard InChI is InChI=1S/C13H14N2O3.C2H6/c1-3-4-5-6-9(2)11-8-18-13-14-7-10(12(16)17)15(11)13;1-2/h3-7,11H,1,8H2,2H3,(H,16,17);1-2H3/b5-4-,9-6+;. The van der Waals surface area contributed by atoms with Gasteiger partial charge in [0.1, 0.15) is 6.61 Å². The van der Waals surface area contributed by atoms with Crippen molar-refractivity contribution in [2.45, 2.75) is 26.8 Å². The third-order valence-electron chi connectivity index (χ3n) is 2.80. The van der Waals surface area contributed by atoms with E-state index < -0.39 is 5.97 Å². The molecule has 20 heavy (non-hydrogen) atoms. The summed E-state index contributed by atoms with van der Waals surface area (Å²) in [5, 5.41) is 9.09. The number of carboxylic acid groups (broad SMARTS) is 1. The normalized spacial score (nSPS) is 17.1. The largest absolute Gasteiger partial charge is 0.477 e. The van der Waals surface area contributed by atoms with Gasteiger partial charge in [0.05, 0.1) is 12.2 Å². The molecule has 0 amide bonds. The molecule has 2 heterocycles. The van der Waals surface area contributed by atoms with Crippen molar-refractivity contribution in [3.8, 4) is 6.01 Å². The minimum absolute atomic E-state index is 0.122. The van der Waals surface area contributed by atoms with Crippen LogP contribution in [0.4, 0.5) is 0 Å². The summed E-state index contributed by atoms with van der Waals surface area (Å²) >= 11 is 0. The summed E-state index contributed by atoms with van der Waals surface area (Å²) in [5.41, 5.74) is 1.15. The van der Waals surface area contributed by atoms with E-state index in [1.165, 1.54) is 6.20 Å². The molecule has 0 spiro atoms. The van der Waals surface area contributed by atoms with Crippen LogP contribution in [0.25, 0.3) is 0 Å². The Morgan fingerprint density at radius 2 is 2.25 bits per heavy atom. The molecule has 1 aliphatic rings. The Balaban J connectivity index is 0.000000956. The summed E-state index contributed by atoms with van der Waals surface area (Å²) in [6.07, 6.45) is 8.58. The molecule has 1 atom stereocenters. The summed E-state index contributed by atoms with van der Waals surface area (Å²) < 4.78 is 6.98. The fourth-order valence-corrected chi connectivity index (χ4v) is 1.87. The maximum atomic E-state index is 11.1. The Bertz CT molecular complexity index is 541. The van der Waals surface area contributed by atoms with E-state index >= 15 is 0 Å². The zero-order valence-corrected chi connectivity index (χ0v) is 12.0. The first-order valence-corrected chi connectivity index (χ1v) is 6.54. The minimum Gasteiger partial charge on any atom is -0.477 e. The number of nitrogens with zero attached hydrogens (tertiary/aromatic N) is 2. The molecule has 5 heteroatoms. The summed E-state index contributed by atoms with van der Waals surface area (Å²) in [4.78, 5) is 15.0. The van der Waals surface area contributed by atoms with Gasteiger partial charge in [-0.3, -0.25) is 4.57 Å². The second kappa shape index (κ2) is 7.33. The maximum Gasteiger partial charge on any atom is 0.354 e. The zero-order chi connectivity index (χ0) is 15.1. The number of hydrogen-bond acceptors (Lipinski definition) is 3. The maximum absolute atomic E-state index is 11.1. The third kappa shape index (κ3) is 3.17. The molecule has 2 rings (SSSR count). The molecule has 0 fully saturated rings. The molecule has 5 nitrogen and oxygen atoms in total. The van der Waals surface area contributed by atoms with Crippen molar-refractivity contribution in [2.24, 2.45) is 0 Å². The highest BCUT2D eigenvalue weighted by Gasteiger charge is 2.30. The number of aromatic nitrogens is 2. The quantitative estimate of drug-likeness (QED) is 0.857. The third-order valence-corrected chi connectivity index (χ3v) is 2.80. The Hall–Kier alpha value is -2.30. The second-order valence-electron chi connectivity index (χ2n) is 3.96. The molecule has 0 aliphatic carbocycles. The highest BCUT2D eigenvalue weighted by Crippen LogP contribution is 2.31. The average molecular weight is 276 g/mol. The van der Waals surface area contributed by atoms with E-state index in [1.54, 1.807) is 10.6 Å². The molecule has 0 saturated carbocycles. The van der Waals surface area contributed by atoms with Crippen LogP contribution in [0.1, 0.15) is 37.3 Å². The number of aromatic carboxylic acids is 1. The van der Waals surface area contributed by atoms with E-state index in [0.717, 1.165) is 5.57 Å². The first kappa shape index (κ1) is 15.8. The topological polar surface area (TPSA) is 64.3 Å². The number of rotatable bonds is 4. The number of carboxylic acids is 1. The van der Waals surface area contributed by atoms with Gasteiger partial charge in [-0.05, 0) is 12.5 Å². The Labute approximate surface area is 118 Å². The van der Waals surface area contributed by atoms with Gasteiger partial charge in [-0.2, -0.15) is 0 Å². The Morgan fingerprint density at radius 1 is 1.55 bits per heavy atom. The van der Waals surface area contributed by atoms with E-state index in [0.29, 0.717) is 12.6 Å². The van der Waals surface area contributed by atoms with Crippen molar-refractivity contribution >= 4 is 5.97 Å². The van der Waals surface area contributed by atoms with Crippen LogP contribution in [0.15, 0.2) is 42.7 Å². The van der Waals surface area contributed by atoms with Gasteiger partial charge >= 0.3 is 5.97 Å². The molecule has 1 N–H and O–H groups in total. The van der Waals surface area contributed by atoms with E-state index in [9.17, 15) is 4.79 Å². The summed E-state index contributed by atoms with van der Waals surface area (Å²) in [5.74, 6) is -1.00. The van der Waals surface area contributed by atoms with Crippen molar-refractivity contribution in [1.29, 1.82) is 0 Å². The van der Waals surface area contributed by atoms with Crippen LogP contribution in [-0.2, 0) is 0 Å². The Morgan fingerprint density at radius 3 is 2.85 bits per heavy atom. The molecule has 1 unspecified atom stereocenters. The van der Waals surface area contributed by atoms with Crippen LogP contribution in [0.2, 0.25) is 0 Å². The molecular formula is C15H20N2O3. The summed E-state index contributed by atoms with van der Waals surface area (Å²) in [6, 6.07) is 0.237. The van der Waals surface area contributed by atoms with Crippen molar-refractivity contribution in [1.82, 2.24) is 9.55 Å². The molecule has 0 aromatic carbocycles. The fraction of sp³-hybridized carbons (Fsp3) is 0.333. The van der Waals surface area contributed by atoms with Gasteiger partial charge in [0.25, 0.3) is 6.01 Å². The van der Waals surface area contributed by atoms with E-state index in [2.05, 4.69) is 11.6 Å². The van der Waals surface area contributed by atoms with Crippen molar-refractivity contribution in [2.75, 3.05) is 6.61 Å².